The number of hydrogen-bond donors (Lipinski definition) is 2. The number of aromatic hydroxyl groups is 1. The molecule has 30 heavy (non-hydrogen) atoms. The minimum absolute atomic E-state index is 0.0375. The largest absolute Gasteiger partial charge is 0.507 e. The first-order valence-corrected chi connectivity index (χ1v) is 11.4. The van der Waals surface area contributed by atoms with Crippen LogP contribution in [-0.4, -0.2) is 34.0 Å². The highest BCUT2D eigenvalue weighted by molar-refractivity contribution is 5.96. The molecule has 2 fully saturated rings. The molecule has 0 bridgehead atoms. The maximum Gasteiger partial charge on any atom is 0.342 e. The van der Waals surface area contributed by atoms with E-state index in [2.05, 4.69) is 27.7 Å². The zero-order valence-electron chi connectivity index (χ0n) is 18.7. The molecule has 0 spiro atoms. The Hall–Kier alpha value is -1.75. The molecule has 5 nitrogen and oxygen atoms in total. The molecule has 0 amide bonds. The summed E-state index contributed by atoms with van der Waals surface area (Å²) in [5.41, 5.74) is 1.93. The Balaban J connectivity index is 1.61. The van der Waals surface area contributed by atoms with Crippen molar-refractivity contribution in [3.63, 3.8) is 0 Å². The number of benzene rings is 1. The minimum atomic E-state index is -0.438. The fraction of sp³-hybridized carbons (Fsp3) is 0.720. The number of esters is 1. The van der Waals surface area contributed by atoms with Gasteiger partial charge < -0.3 is 19.7 Å². The van der Waals surface area contributed by atoms with Gasteiger partial charge in [0.15, 0.2) is 0 Å². The van der Waals surface area contributed by atoms with Gasteiger partial charge in [0.1, 0.15) is 28.8 Å². The van der Waals surface area contributed by atoms with Crippen molar-refractivity contribution in [1.82, 2.24) is 0 Å². The van der Waals surface area contributed by atoms with E-state index in [0.717, 1.165) is 49.0 Å². The molecule has 1 aromatic carbocycles. The predicted molar refractivity (Wildman–Crippen MR) is 113 cm³/mol. The smallest absolute Gasteiger partial charge is 0.342 e. The number of carbonyl (C=O) groups is 1. The standard InChI is InChI=1S/C25H34O5/c1-13-9-15-14-10-19-24(4,18-12-20(27)23(18,2)3)7-6-8-25(19,5)30-17(14)11-16(26)21(15)22(28)29-13/h11,13,18-20,26-27H,6-10,12H2,1-5H3/t13-,18+,19-,20-,24-,25-/m1/s1. The fourth-order valence-corrected chi connectivity index (χ4v) is 7.41. The van der Waals surface area contributed by atoms with Gasteiger partial charge in [-0.2, -0.15) is 0 Å². The molecule has 2 heterocycles. The zero-order chi connectivity index (χ0) is 21.6. The lowest BCUT2D eigenvalue weighted by Gasteiger charge is -2.64. The summed E-state index contributed by atoms with van der Waals surface area (Å²) in [5.74, 6) is 0.983. The second kappa shape index (κ2) is 6.15. The summed E-state index contributed by atoms with van der Waals surface area (Å²) < 4.78 is 12.1. The van der Waals surface area contributed by atoms with Crippen molar-refractivity contribution >= 4 is 5.97 Å². The molecule has 6 atom stereocenters. The number of fused-ring (bicyclic) bond motifs is 4. The molecule has 4 aliphatic rings. The molecule has 2 N–H and O–H groups in total. The lowest BCUT2D eigenvalue weighted by atomic mass is 9.43. The highest BCUT2D eigenvalue weighted by Gasteiger charge is 2.63. The van der Waals surface area contributed by atoms with E-state index >= 15 is 0 Å². The van der Waals surface area contributed by atoms with Crippen molar-refractivity contribution in [1.29, 1.82) is 0 Å². The van der Waals surface area contributed by atoms with Crippen LogP contribution in [0.4, 0.5) is 0 Å². The number of aliphatic hydroxyl groups is 1. The zero-order valence-corrected chi connectivity index (χ0v) is 18.7. The van der Waals surface area contributed by atoms with Gasteiger partial charge in [-0.1, -0.05) is 20.8 Å². The molecule has 164 valence electrons. The minimum Gasteiger partial charge on any atom is -0.507 e. The number of ether oxygens (including phenoxy) is 2. The Bertz CT molecular complexity index is 921. The number of cyclic esters (lactones) is 1. The van der Waals surface area contributed by atoms with E-state index in [1.807, 2.05) is 6.92 Å². The van der Waals surface area contributed by atoms with Gasteiger partial charge in [-0.05, 0) is 73.8 Å². The van der Waals surface area contributed by atoms with Crippen molar-refractivity contribution in [2.24, 2.45) is 22.7 Å². The first kappa shape index (κ1) is 20.2. The van der Waals surface area contributed by atoms with Gasteiger partial charge in [0.2, 0.25) is 0 Å². The van der Waals surface area contributed by atoms with Crippen molar-refractivity contribution in [3.05, 3.63) is 22.8 Å². The Morgan fingerprint density at radius 3 is 2.47 bits per heavy atom. The average Bonchev–Trinajstić information content (AvgIpc) is 2.64. The first-order chi connectivity index (χ1) is 14.0. The maximum atomic E-state index is 12.5. The summed E-state index contributed by atoms with van der Waals surface area (Å²) >= 11 is 0. The summed E-state index contributed by atoms with van der Waals surface area (Å²) in [4.78, 5) is 12.5. The molecule has 2 aliphatic carbocycles. The second-order valence-electron chi connectivity index (χ2n) is 11.3. The van der Waals surface area contributed by atoms with Crippen LogP contribution in [0.5, 0.6) is 11.5 Å². The molecular weight excluding hydrogens is 380 g/mol. The molecule has 0 aromatic heterocycles. The quantitative estimate of drug-likeness (QED) is 0.666. The summed E-state index contributed by atoms with van der Waals surface area (Å²) in [6.07, 6.45) is 5.06. The number of aliphatic hydroxyl groups excluding tert-OH is 1. The van der Waals surface area contributed by atoms with Crippen LogP contribution in [0.15, 0.2) is 6.07 Å². The van der Waals surface area contributed by atoms with Crippen molar-refractivity contribution in [3.8, 4) is 11.5 Å². The molecule has 0 radical (unpaired) electrons. The second-order valence-corrected chi connectivity index (χ2v) is 11.3. The number of phenols is 1. The fourth-order valence-electron chi connectivity index (χ4n) is 7.41. The van der Waals surface area contributed by atoms with Crippen molar-refractivity contribution < 1.29 is 24.5 Å². The number of phenolic OH excluding ortho intramolecular Hbond substituents is 1. The molecule has 2 aliphatic heterocycles. The molecule has 2 saturated carbocycles. The van der Waals surface area contributed by atoms with E-state index in [1.54, 1.807) is 6.07 Å². The molecule has 5 heteroatoms. The van der Waals surface area contributed by atoms with Gasteiger partial charge in [-0.25, -0.2) is 4.79 Å². The Morgan fingerprint density at radius 1 is 1.07 bits per heavy atom. The van der Waals surface area contributed by atoms with Gasteiger partial charge >= 0.3 is 5.97 Å². The van der Waals surface area contributed by atoms with Crippen molar-refractivity contribution in [2.75, 3.05) is 0 Å². The van der Waals surface area contributed by atoms with Crippen LogP contribution in [0.3, 0.4) is 0 Å². The maximum absolute atomic E-state index is 12.5. The summed E-state index contributed by atoms with van der Waals surface area (Å²) in [6, 6.07) is 1.62. The van der Waals surface area contributed by atoms with E-state index in [0.29, 0.717) is 23.8 Å². The van der Waals surface area contributed by atoms with E-state index in [4.69, 9.17) is 9.47 Å². The Morgan fingerprint density at radius 2 is 1.80 bits per heavy atom. The molecule has 1 aromatic rings. The van der Waals surface area contributed by atoms with Crippen LogP contribution in [-0.2, 0) is 17.6 Å². The van der Waals surface area contributed by atoms with Gasteiger partial charge in [-0.3, -0.25) is 0 Å². The van der Waals surface area contributed by atoms with Crippen LogP contribution in [0.25, 0.3) is 0 Å². The lowest BCUT2D eigenvalue weighted by molar-refractivity contribution is -0.204. The van der Waals surface area contributed by atoms with Crippen LogP contribution in [0, 0.1) is 22.7 Å². The summed E-state index contributed by atoms with van der Waals surface area (Å²) in [5, 5.41) is 21.0. The van der Waals surface area contributed by atoms with E-state index < -0.39 is 5.97 Å². The molecule has 5 rings (SSSR count). The number of carbonyl (C=O) groups excluding carboxylic acids is 1. The predicted octanol–water partition coefficient (Wildman–Crippen LogP) is 4.40. The van der Waals surface area contributed by atoms with E-state index in [9.17, 15) is 15.0 Å². The highest BCUT2D eigenvalue weighted by atomic mass is 16.5. The van der Waals surface area contributed by atoms with Gasteiger partial charge in [0.05, 0.1) is 6.10 Å². The molecule has 0 saturated heterocycles. The highest BCUT2D eigenvalue weighted by Crippen LogP contribution is 2.65. The first-order valence-electron chi connectivity index (χ1n) is 11.4. The van der Waals surface area contributed by atoms with Crippen molar-refractivity contribution in [2.45, 2.75) is 91.0 Å². The third-order valence-corrected chi connectivity index (χ3v) is 9.18. The Labute approximate surface area is 178 Å². The number of rotatable bonds is 1. The van der Waals surface area contributed by atoms with Crippen LogP contribution in [0.1, 0.15) is 81.8 Å². The van der Waals surface area contributed by atoms with Crippen LogP contribution < -0.4 is 4.74 Å². The van der Waals surface area contributed by atoms with E-state index in [-0.39, 0.29) is 34.4 Å². The van der Waals surface area contributed by atoms with Crippen LogP contribution >= 0.6 is 0 Å². The third kappa shape index (κ3) is 2.54. The molecule has 0 unspecified atom stereocenters. The normalized spacial score (nSPS) is 41.5. The summed E-state index contributed by atoms with van der Waals surface area (Å²) in [6.45, 7) is 10.9. The number of hydrogen-bond acceptors (Lipinski definition) is 5. The monoisotopic (exact) mass is 414 g/mol. The SMILES string of the molecule is C[C@@H]1Cc2c3c(cc(O)c2C(=O)O1)O[C@]1(C)CCC[C@](C)([C@H]2C[C@@H](O)C2(C)C)[C@H]1C3. The average molecular weight is 415 g/mol. The van der Waals surface area contributed by atoms with Gasteiger partial charge in [0.25, 0.3) is 0 Å². The topological polar surface area (TPSA) is 76.0 Å². The third-order valence-electron chi connectivity index (χ3n) is 9.18. The van der Waals surface area contributed by atoms with Gasteiger partial charge in [0, 0.05) is 18.4 Å². The summed E-state index contributed by atoms with van der Waals surface area (Å²) in [7, 11) is 0. The Kier molecular flexibility index (Phi) is 4.14. The van der Waals surface area contributed by atoms with Gasteiger partial charge in [-0.15, -0.1) is 0 Å². The van der Waals surface area contributed by atoms with E-state index in [1.165, 1.54) is 0 Å². The van der Waals surface area contributed by atoms with Crippen LogP contribution in [0.2, 0.25) is 0 Å². The molecular formula is C25H34O5. The lowest BCUT2D eigenvalue weighted by Crippen LogP contribution is -2.64.